The topological polar surface area (TPSA) is 55.8 Å². The highest BCUT2D eigenvalue weighted by Gasteiger charge is 2.13. The van der Waals surface area contributed by atoms with Crippen LogP contribution in [0.3, 0.4) is 0 Å². The van der Waals surface area contributed by atoms with Gasteiger partial charge >= 0.3 is 5.97 Å². The maximum atomic E-state index is 11.5. The molecule has 4 nitrogen and oxygen atoms in total. The Balaban J connectivity index is 2.54. The minimum absolute atomic E-state index is 0.170. The van der Waals surface area contributed by atoms with Gasteiger partial charge in [0.15, 0.2) is 11.5 Å². The Hall–Kier alpha value is -2.46. The first-order chi connectivity index (χ1) is 10.6. The summed E-state index contributed by atoms with van der Waals surface area (Å²) >= 11 is 6.14. The number of rotatable bonds is 5. The van der Waals surface area contributed by atoms with Crippen molar-refractivity contribution in [3.8, 4) is 11.5 Å². The van der Waals surface area contributed by atoms with Gasteiger partial charge in [0.1, 0.15) is 0 Å². The highest BCUT2D eigenvalue weighted by atomic mass is 35.5. The largest absolute Gasteiger partial charge is 0.493 e. The molecule has 114 valence electrons. The molecular weight excluding hydrogens is 304 g/mol. The quantitative estimate of drug-likeness (QED) is 0.669. The van der Waals surface area contributed by atoms with Gasteiger partial charge in [-0.1, -0.05) is 41.9 Å². The van der Waals surface area contributed by atoms with Gasteiger partial charge in [-0.05, 0) is 29.3 Å². The van der Waals surface area contributed by atoms with Crippen LogP contribution in [0, 0.1) is 0 Å². The molecular formula is C17H15ClO4. The van der Waals surface area contributed by atoms with Gasteiger partial charge in [-0.3, -0.25) is 0 Å². The predicted octanol–water partition coefficient (Wildman–Crippen LogP) is 3.98. The van der Waals surface area contributed by atoms with E-state index in [0.29, 0.717) is 27.6 Å². The molecule has 22 heavy (non-hydrogen) atoms. The molecule has 0 unspecified atom stereocenters. The second kappa shape index (κ2) is 7.00. The van der Waals surface area contributed by atoms with Gasteiger partial charge in [-0.2, -0.15) is 0 Å². The van der Waals surface area contributed by atoms with Crippen LogP contribution in [0.5, 0.6) is 11.5 Å². The summed E-state index contributed by atoms with van der Waals surface area (Å²) in [5.74, 6) is -0.158. The third kappa shape index (κ3) is 3.40. The van der Waals surface area contributed by atoms with E-state index in [1.54, 1.807) is 42.5 Å². The fraction of sp³-hybridized carbons (Fsp3) is 0.118. The summed E-state index contributed by atoms with van der Waals surface area (Å²) in [6.07, 6.45) is 1.55. The number of halogens is 1. The molecule has 0 atom stereocenters. The lowest BCUT2D eigenvalue weighted by Crippen LogP contribution is -1.99. The summed E-state index contributed by atoms with van der Waals surface area (Å²) in [4.78, 5) is 11.5. The lowest BCUT2D eigenvalue weighted by atomic mass is 10.0. The zero-order valence-corrected chi connectivity index (χ0v) is 12.9. The van der Waals surface area contributed by atoms with Crippen molar-refractivity contribution < 1.29 is 19.4 Å². The SMILES string of the molecule is COc1cc(/C=C(/C(=O)O)c2ccccc2)cc(Cl)c1OC. The Labute approximate surface area is 133 Å². The van der Waals surface area contributed by atoms with Crippen LogP contribution >= 0.6 is 11.6 Å². The first-order valence-electron chi connectivity index (χ1n) is 6.48. The van der Waals surface area contributed by atoms with E-state index in [-0.39, 0.29) is 5.57 Å². The molecule has 0 aliphatic rings. The number of hydrogen-bond acceptors (Lipinski definition) is 3. The van der Waals surface area contributed by atoms with Crippen LogP contribution in [0.1, 0.15) is 11.1 Å². The number of ether oxygens (including phenoxy) is 2. The molecule has 0 aromatic heterocycles. The van der Waals surface area contributed by atoms with E-state index in [9.17, 15) is 9.90 Å². The number of methoxy groups -OCH3 is 2. The molecule has 0 radical (unpaired) electrons. The van der Waals surface area contributed by atoms with Gasteiger partial charge in [0.25, 0.3) is 0 Å². The molecule has 0 spiro atoms. The number of carboxylic acids is 1. The monoisotopic (exact) mass is 318 g/mol. The van der Waals surface area contributed by atoms with E-state index in [1.165, 1.54) is 14.2 Å². The predicted molar refractivity (Wildman–Crippen MR) is 86.5 cm³/mol. The van der Waals surface area contributed by atoms with E-state index in [0.717, 1.165) is 0 Å². The van der Waals surface area contributed by atoms with Crippen LogP contribution in [0.2, 0.25) is 5.02 Å². The van der Waals surface area contributed by atoms with E-state index in [2.05, 4.69) is 0 Å². The smallest absolute Gasteiger partial charge is 0.336 e. The van der Waals surface area contributed by atoms with E-state index in [4.69, 9.17) is 21.1 Å². The molecule has 0 fully saturated rings. The first kappa shape index (κ1) is 15.9. The number of aliphatic carboxylic acids is 1. The summed E-state index contributed by atoms with van der Waals surface area (Å²) in [6, 6.07) is 12.2. The maximum Gasteiger partial charge on any atom is 0.336 e. The number of carboxylic acid groups (broad SMARTS) is 1. The summed E-state index contributed by atoms with van der Waals surface area (Å²) in [7, 11) is 2.99. The summed E-state index contributed by atoms with van der Waals surface area (Å²) in [5.41, 5.74) is 1.40. The Morgan fingerprint density at radius 2 is 1.82 bits per heavy atom. The zero-order valence-electron chi connectivity index (χ0n) is 12.2. The minimum Gasteiger partial charge on any atom is -0.493 e. The van der Waals surface area contributed by atoms with Gasteiger partial charge in [0.2, 0.25) is 0 Å². The second-order valence-electron chi connectivity index (χ2n) is 4.47. The van der Waals surface area contributed by atoms with Crippen molar-refractivity contribution in [2.75, 3.05) is 14.2 Å². The fourth-order valence-electron chi connectivity index (χ4n) is 2.07. The third-order valence-corrected chi connectivity index (χ3v) is 3.36. The zero-order chi connectivity index (χ0) is 16.1. The van der Waals surface area contributed by atoms with Crippen molar-refractivity contribution in [3.63, 3.8) is 0 Å². The van der Waals surface area contributed by atoms with Gasteiger partial charge in [-0.15, -0.1) is 0 Å². The van der Waals surface area contributed by atoms with Gasteiger partial charge in [0.05, 0.1) is 24.8 Å². The lowest BCUT2D eigenvalue weighted by molar-refractivity contribution is -0.130. The number of hydrogen-bond donors (Lipinski definition) is 1. The van der Waals surface area contributed by atoms with Gasteiger partial charge in [-0.25, -0.2) is 4.79 Å². The molecule has 0 saturated heterocycles. The summed E-state index contributed by atoms with van der Waals surface area (Å²) in [6.45, 7) is 0. The van der Waals surface area contributed by atoms with Crippen LogP contribution < -0.4 is 9.47 Å². The van der Waals surface area contributed by atoms with Crippen LogP contribution in [-0.2, 0) is 4.79 Å². The minimum atomic E-state index is -1.02. The molecule has 0 aliphatic carbocycles. The van der Waals surface area contributed by atoms with Crippen molar-refractivity contribution in [1.82, 2.24) is 0 Å². The van der Waals surface area contributed by atoms with Crippen molar-refractivity contribution >= 4 is 29.2 Å². The van der Waals surface area contributed by atoms with E-state index >= 15 is 0 Å². The Bertz CT molecular complexity index is 708. The summed E-state index contributed by atoms with van der Waals surface area (Å²) in [5, 5.41) is 9.78. The second-order valence-corrected chi connectivity index (χ2v) is 4.87. The van der Waals surface area contributed by atoms with E-state index in [1.807, 2.05) is 6.07 Å². The van der Waals surface area contributed by atoms with Crippen molar-refractivity contribution in [2.24, 2.45) is 0 Å². The average molecular weight is 319 g/mol. The molecule has 5 heteroatoms. The van der Waals surface area contributed by atoms with Crippen molar-refractivity contribution in [1.29, 1.82) is 0 Å². The van der Waals surface area contributed by atoms with Crippen molar-refractivity contribution in [2.45, 2.75) is 0 Å². The average Bonchev–Trinajstić information content (AvgIpc) is 2.52. The number of benzene rings is 2. The Kier molecular flexibility index (Phi) is 5.07. The lowest BCUT2D eigenvalue weighted by Gasteiger charge is -2.11. The molecule has 2 rings (SSSR count). The van der Waals surface area contributed by atoms with Crippen LogP contribution in [-0.4, -0.2) is 25.3 Å². The molecule has 0 aliphatic heterocycles. The van der Waals surface area contributed by atoms with E-state index < -0.39 is 5.97 Å². The maximum absolute atomic E-state index is 11.5. The molecule has 0 saturated carbocycles. The van der Waals surface area contributed by atoms with Crippen LogP contribution in [0.25, 0.3) is 11.6 Å². The van der Waals surface area contributed by atoms with Crippen molar-refractivity contribution in [3.05, 3.63) is 58.6 Å². The molecule has 0 amide bonds. The molecule has 2 aromatic rings. The van der Waals surface area contributed by atoms with Crippen LogP contribution in [0.4, 0.5) is 0 Å². The van der Waals surface area contributed by atoms with Gasteiger partial charge < -0.3 is 14.6 Å². The highest BCUT2D eigenvalue weighted by molar-refractivity contribution is 6.32. The molecule has 0 heterocycles. The third-order valence-electron chi connectivity index (χ3n) is 3.08. The fourth-order valence-corrected chi connectivity index (χ4v) is 2.37. The molecule has 2 aromatic carbocycles. The molecule has 0 bridgehead atoms. The summed E-state index contributed by atoms with van der Waals surface area (Å²) < 4.78 is 10.4. The Morgan fingerprint density at radius 1 is 1.14 bits per heavy atom. The first-order valence-corrected chi connectivity index (χ1v) is 6.86. The van der Waals surface area contributed by atoms with Gasteiger partial charge in [0, 0.05) is 0 Å². The number of carbonyl (C=O) groups is 1. The highest BCUT2D eigenvalue weighted by Crippen LogP contribution is 2.37. The standard InChI is InChI=1S/C17H15ClO4/c1-21-15-10-11(9-14(18)16(15)22-2)8-13(17(19)20)12-6-4-3-5-7-12/h3-10H,1-2H3,(H,19,20)/b13-8+. The normalized spacial score (nSPS) is 11.1. The Morgan fingerprint density at radius 3 is 2.36 bits per heavy atom. The van der Waals surface area contributed by atoms with Crippen LogP contribution in [0.15, 0.2) is 42.5 Å². The molecule has 1 N–H and O–H groups in total.